The number of fused-ring (bicyclic) bond motifs is 3. The second kappa shape index (κ2) is 7.03. The minimum absolute atomic E-state index is 0.0436. The summed E-state index contributed by atoms with van der Waals surface area (Å²) in [4.78, 5) is 38.0. The van der Waals surface area contributed by atoms with Crippen molar-refractivity contribution in [3.05, 3.63) is 26.6 Å². The molecule has 3 rings (SSSR count). The third-order valence-electron chi connectivity index (χ3n) is 4.57. The van der Waals surface area contributed by atoms with Crippen LogP contribution in [0.5, 0.6) is 0 Å². The molecule has 6 nitrogen and oxygen atoms in total. The monoisotopic (exact) mass is 348 g/mol. The summed E-state index contributed by atoms with van der Waals surface area (Å²) in [7, 11) is 1.87. The van der Waals surface area contributed by atoms with E-state index in [2.05, 4.69) is 9.97 Å². The van der Waals surface area contributed by atoms with Crippen LogP contribution in [0.1, 0.15) is 36.5 Å². The predicted octanol–water partition coefficient (Wildman–Crippen LogP) is 1.77. The molecule has 2 aromatic rings. The van der Waals surface area contributed by atoms with E-state index in [0.29, 0.717) is 32.0 Å². The van der Waals surface area contributed by atoms with Crippen molar-refractivity contribution >= 4 is 27.5 Å². The molecule has 2 heterocycles. The lowest BCUT2D eigenvalue weighted by atomic mass is 10.2. The van der Waals surface area contributed by atoms with E-state index < -0.39 is 0 Å². The van der Waals surface area contributed by atoms with Crippen molar-refractivity contribution in [3.8, 4) is 0 Å². The number of carbonyl (C=O) groups excluding carboxylic acids is 1. The maximum atomic E-state index is 12.4. The Hall–Kier alpha value is -1.73. The molecule has 0 saturated heterocycles. The molecule has 1 aliphatic rings. The number of aromatic nitrogens is 2. The quantitative estimate of drug-likeness (QED) is 0.864. The van der Waals surface area contributed by atoms with Crippen LogP contribution in [0, 0.1) is 0 Å². The Kier molecular flexibility index (Phi) is 5.01. The van der Waals surface area contributed by atoms with Gasteiger partial charge in [0.1, 0.15) is 10.7 Å². The molecule has 0 saturated carbocycles. The summed E-state index contributed by atoms with van der Waals surface area (Å²) in [6.07, 6.45) is 3.18. The average molecular weight is 348 g/mol. The van der Waals surface area contributed by atoms with Gasteiger partial charge in [0.15, 0.2) is 0 Å². The van der Waals surface area contributed by atoms with E-state index >= 15 is 0 Å². The maximum Gasteiger partial charge on any atom is 0.259 e. The van der Waals surface area contributed by atoms with Gasteiger partial charge in [0.25, 0.3) is 5.56 Å². The molecule has 0 atom stereocenters. The fraction of sp³-hybridized carbons (Fsp3) is 0.588. The minimum atomic E-state index is -0.0436. The lowest BCUT2D eigenvalue weighted by Gasteiger charge is -2.22. The van der Waals surface area contributed by atoms with Crippen LogP contribution >= 0.6 is 11.3 Å². The number of hydrogen-bond donors (Lipinski definition) is 1. The van der Waals surface area contributed by atoms with E-state index in [1.807, 2.05) is 25.8 Å². The van der Waals surface area contributed by atoms with Gasteiger partial charge in [-0.3, -0.25) is 14.5 Å². The number of amides is 1. The average Bonchev–Trinajstić information content (AvgIpc) is 3.08. The summed E-state index contributed by atoms with van der Waals surface area (Å²) in [6.45, 7) is 6.16. The molecule has 0 aromatic carbocycles. The SMILES string of the molecule is CCN(CC)C(=O)CN(C)Cc1nc2sc3c(c2c(=O)[nH]1)CCC3. The van der Waals surface area contributed by atoms with Crippen LogP contribution in [0.15, 0.2) is 4.79 Å². The molecule has 0 unspecified atom stereocenters. The van der Waals surface area contributed by atoms with Crippen molar-refractivity contribution in [2.24, 2.45) is 0 Å². The number of H-pyrrole nitrogens is 1. The van der Waals surface area contributed by atoms with E-state index in [0.717, 1.165) is 29.5 Å². The number of carbonyl (C=O) groups is 1. The number of nitrogens with zero attached hydrogens (tertiary/aromatic N) is 3. The van der Waals surface area contributed by atoms with Crippen LogP contribution in [0.4, 0.5) is 0 Å². The highest BCUT2D eigenvalue weighted by molar-refractivity contribution is 7.18. The molecule has 7 heteroatoms. The fourth-order valence-corrected chi connectivity index (χ4v) is 4.62. The van der Waals surface area contributed by atoms with Crippen LogP contribution in [0.2, 0.25) is 0 Å². The molecular formula is C17H24N4O2S. The van der Waals surface area contributed by atoms with Crippen LogP contribution < -0.4 is 5.56 Å². The molecule has 0 radical (unpaired) electrons. The zero-order chi connectivity index (χ0) is 17.3. The van der Waals surface area contributed by atoms with E-state index in [1.165, 1.54) is 10.4 Å². The Morgan fingerprint density at radius 1 is 1.29 bits per heavy atom. The summed E-state index contributed by atoms with van der Waals surface area (Å²) in [5.41, 5.74) is 1.15. The Bertz CT molecular complexity index is 807. The lowest BCUT2D eigenvalue weighted by Crippen LogP contribution is -2.38. The summed E-state index contributed by atoms with van der Waals surface area (Å²) in [5.74, 6) is 0.725. The zero-order valence-corrected chi connectivity index (χ0v) is 15.3. The summed E-state index contributed by atoms with van der Waals surface area (Å²) < 4.78 is 0. The first-order valence-corrected chi connectivity index (χ1v) is 9.34. The van der Waals surface area contributed by atoms with Gasteiger partial charge in [0.05, 0.1) is 18.5 Å². The van der Waals surface area contributed by atoms with Crippen LogP contribution in [0.25, 0.3) is 10.2 Å². The van der Waals surface area contributed by atoms with Crippen LogP contribution in [-0.2, 0) is 24.2 Å². The van der Waals surface area contributed by atoms with Gasteiger partial charge in [-0.15, -0.1) is 11.3 Å². The first-order valence-electron chi connectivity index (χ1n) is 8.53. The summed E-state index contributed by atoms with van der Waals surface area (Å²) >= 11 is 1.64. The molecule has 0 bridgehead atoms. The molecule has 1 N–H and O–H groups in total. The molecule has 1 aliphatic carbocycles. The number of aromatic amines is 1. The molecule has 0 fully saturated rings. The summed E-state index contributed by atoms with van der Waals surface area (Å²) in [5, 5.41) is 0.776. The molecular weight excluding hydrogens is 324 g/mol. The fourth-order valence-electron chi connectivity index (χ4n) is 3.34. The molecule has 0 aliphatic heterocycles. The number of hydrogen-bond acceptors (Lipinski definition) is 5. The smallest absolute Gasteiger partial charge is 0.259 e. The van der Waals surface area contributed by atoms with E-state index in [9.17, 15) is 9.59 Å². The van der Waals surface area contributed by atoms with Gasteiger partial charge < -0.3 is 9.88 Å². The Balaban J connectivity index is 1.76. The van der Waals surface area contributed by atoms with Crippen LogP contribution in [0.3, 0.4) is 0 Å². The second-order valence-corrected chi connectivity index (χ2v) is 7.37. The van der Waals surface area contributed by atoms with Crippen molar-refractivity contribution in [2.45, 2.75) is 39.7 Å². The Labute approximate surface area is 145 Å². The third-order valence-corrected chi connectivity index (χ3v) is 5.75. The van der Waals surface area contributed by atoms with Gasteiger partial charge in [-0.2, -0.15) is 0 Å². The van der Waals surface area contributed by atoms with Gasteiger partial charge >= 0.3 is 0 Å². The van der Waals surface area contributed by atoms with Crippen molar-refractivity contribution in [2.75, 3.05) is 26.7 Å². The molecule has 130 valence electrons. The van der Waals surface area contributed by atoms with E-state index in [-0.39, 0.29) is 11.5 Å². The van der Waals surface area contributed by atoms with Gasteiger partial charge in [-0.05, 0) is 45.7 Å². The van der Waals surface area contributed by atoms with Crippen molar-refractivity contribution in [1.82, 2.24) is 19.8 Å². The van der Waals surface area contributed by atoms with Crippen molar-refractivity contribution in [3.63, 3.8) is 0 Å². The normalized spacial score (nSPS) is 13.7. The molecule has 1 amide bonds. The van der Waals surface area contributed by atoms with Crippen molar-refractivity contribution in [1.29, 1.82) is 0 Å². The Morgan fingerprint density at radius 3 is 2.75 bits per heavy atom. The van der Waals surface area contributed by atoms with Crippen molar-refractivity contribution < 1.29 is 4.79 Å². The first kappa shape index (κ1) is 17.1. The van der Waals surface area contributed by atoms with Gasteiger partial charge in [-0.25, -0.2) is 4.98 Å². The third kappa shape index (κ3) is 3.23. The molecule has 0 spiro atoms. The zero-order valence-electron chi connectivity index (χ0n) is 14.5. The highest BCUT2D eigenvalue weighted by Crippen LogP contribution is 2.34. The van der Waals surface area contributed by atoms with Gasteiger partial charge in [-0.1, -0.05) is 0 Å². The topological polar surface area (TPSA) is 69.3 Å². The summed E-state index contributed by atoms with van der Waals surface area (Å²) in [6, 6.07) is 0. The first-order chi connectivity index (χ1) is 11.5. The number of thiophene rings is 1. The second-order valence-electron chi connectivity index (χ2n) is 6.29. The molecule has 2 aromatic heterocycles. The van der Waals surface area contributed by atoms with E-state index in [1.54, 1.807) is 16.2 Å². The number of likely N-dealkylation sites (N-methyl/N-ethyl adjacent to an activating group) is 2. The minimum Gasteiger partial charge on any atom is -0.342 e. The number of aryl methyl sites for hydroxylation is 2. The maximum absolute atomic E-state index is 12.4. The predicted molar refractivity (Wildman–Crippen MR) is 96.5 cm³/mol. The largest absolute Gasteiger partial charge is 0.342 e. The van der Waals surface area contributed by atoms with Gasteiger partial charge in [0.2, 0.25) is 5.91 Å². The lowest BCUT2D eigenvalue weighted by molar-refractivity contribution is -0.131. The van der Waals surface area contributed by atoms with Gasteiger partial charge in [0, 0.05) is 18.0 Å². The highest BCUT2D eigenvalue weighted by Gasteiger charge is 2.21. The number of nitrogens with one attached hydrogen (secondary N) is 1. The van der Waals surface area contributed by atoms with E-state index in [4.69, 9.17) is 0 Å². The Morgan fingerprint density at radius 2 is 2.04 bits per heavy atom. The van der Waals surface area contributed by atoms with Crippen LogP contribution in [-0.4, -0.2) is 52.4 Å². The molecule has 24 heavy (non-hydrogen) atoms. The standard InChI is InChI=1S/C17H24N4O2S/c1-4-21(5-2)14(22)10-20(3)9-13-18-16(23)15-11-7-6-8-12(11)24-17(15)19-13/h4-10H2,1-3H3,(H,18,19,23). The highest BCUT2D eigenvalue weighted by atomic mass is 32.1. The number of rotatable bonds is 6.